The molecule has 31 heavy (non-hydrogen) atoms. The average molecular weight is 438 g/mol. The molecule has 0 aliphatic heterocycles. The number of ketones is 1. The predicted octanol–water partition coefficient (Wildman–Crippen LogP) is 5.41. The fourth-order valence-corrected chi connectivity index (χ4v) is 4.29. The third-order valence-corrected chi connectivity index (χ3v) is 6.30. The van der Waals surface area contributed by atoms with Gasteiger partial charge in [-0.2, -0.15) is 0 Å². The first kappa shape index (κ1) is 21.6. The summed E-state index contributed by atoms with van der Waals surface area (Å²) in [4.78, 5) is 26.1. The van der Waals surface area contributed by atoms with Crippen LogP contribution in [0.3, 0.4) is 0 Å². The fourth-order valence-electron chi connectivity index (χ4n) is 4.17. The fraction of sp³-hybridized carbons (Fsp3) is 0.400. The Morgan fingerprint density at radius 3 is 2.42 bits per heavy atom. The van der Waals surface area contributed by atoms with Gasteiger partial charge in [0.2, 0.25) is 0 Å². The van der Waals surface area contributed by atoms with Crippen LogP contribution in [0.4, 0.5) is 0 Å². The Kier molecular flexibility index (Phi) is 6.15. The summed E-state index contributed by atoms with van der Waals surface area (Å²) in [6.45, 7) is 6.34. The van der Waals surface area contributed by atoms with Gasteiger partial charge in [-0.05, 0) is 67.0 Å². The van der Waals surface area contributed by atoms with Crippen molar-refractivity contribution in [3.63, 3.8) is 0 Å². The molecular weight excluding hydrogens is 410 g/mol. The largest absolute Gasteiger partial charge is 0.346 e. The number of hydrogen-bond acceptors (Lipinski definition) is 3. The number of Topliss-reactive ketones (excluding diaryl/α,β-unsaturated/α-hetero) is 1. The van der Waals surface area contributed by atoms with Crippen LogP contribution in [0, 0.1) is 12.8 Å². The molecule has 2 aromatic carbocycles. The number of carbonyl (C=O) groups is 1. The molecule has 1 unspecified atom stereocenters. The zero-order valence-corrected chi connectivity index (χ0v) is 19.0. The zero-order chi connectivity index (χ0) is 22.1. The highest BCUT2D eigenvalue weighted by atomic mass is 35.5. The number of benzene rings is 2. The molecule has 1 saturated carbocycles. The van der Waals surface area contributed by atoms with Gasteiger partial charge in [-0.25, -0.2) is 9.48 Å². The summed E-state index contributed by atoms with van der Waals surface area (Å²) in [5, 5.41) is 5.19. The highest BCUT2D eigenvalue weighted by molar-refractivity contribution is 6.30. The number of aryl methyl sites for hydroxylation is 1. The minimum atomic E-state index is -0.210. The lowest BCUT2D eigenvalue weighted by molar-refractivity contribution is -0.120. The summed E-state index contributed by atoms with van der Waals surface area (Å²) in [5.74, 6) is 1.06. The SMILES string of the molecule is Cc1ccccc1C(CC(=O)Cn1nc(-c2ccc(Cl)cc2)n(C2CC2)c1=O)C(C)C. The number of rotatable bonds is 8. The maximum atomic E-state index is 13.1. The van der Waals surface area contributed by atoms with Crippen LogP contribution in [0.1, 0.15) is 56.2 Å². The summed E-state index contributed by atoms with van der Waals surface area (Å²) in [6, 6.07) is 15.7. The first-order valence-corrected chi connectivity index (χ1v) is 11.3. The molecule has 1 aliphatic rings. The lowest BCUT2D eigenvalue weighted by Crippen LogP contribution is -2.28. The number of carbonyl (C=O) groups excluding carboxylic acids is 1. The Balaban J connectivity index is 1.59. The minimum Gasteiger partial charge on any atom is -0.298 e. The molecule has 1 heterocycles. The van der Waals surface area contributed by atoms with Crippen molar-refractivity contribution < 1.29 is 4.79 Å². The molecule has 0 amide bonds. The summed E-state index contributed by atoms with van der Waals surface area (Å²) in [7, 11) is 0. The van der Waals surface area contributed by atoms with Gasteiger partial charge in [0.25, 0.3) is 0 Å². The van der Waals surface area contributed by atoms with Crippen LogP contribution >= 0.6 is 11.6 Å². The zero-order valence-electron chi connectivity index (χ0n) is 18.2. The smallest absolute Gasteiger partial charge is 0.298 e. The molecule has 6 heteroatoms. The van der Waals surface area contributed by atoms with E-state index in [4.69, 9.17) is 11.6 Å². The van der Waals surface area contributed by atoms with Crippen LogP contribution in [-0.4, -0.2) is 20.1 Å². The quantitative estimate of drug-likeness (QED) is 0.473. The van der Waals surface area contributed by atoms with Gasteiger partial charge in [-0.15, -0.1) is 5.10 Å². The molecule has 1 aromatic heterocycles. The molecule has 0 bridgehead atoms. The molecule has 4 rings (SSSR count). The Morgan fingerprint density at radius 1 is 1.13 bits per heavy atom. The molecule has 5 nitrogen and oxygen atoms in total. The first-order chi connectivity index (χ1) is 14.8. The van der Waals surface area contributed by atoms with E-state index in [1.54, 1.807) is 16.7 Å². The van der Waals surface area contributed by atoms with Gasteiger partial charge in [0.15, 0.2) is 11.6 Å². The summed E-state index contributed by atoms with van der Waals surface area (Å²) >= 11 is 6.02. The normalized spacial score (nSPS) is 14.7. The second-order valence-corrected chi connectivity index (χ2v) is 9.26. The lowest BCUT2D eigenvalue weighted by Gasteiger charge is -2.22. The maximum Gasteiger partial charge on any atom is 0.346 e. The number of hydrogen-bond donors (Lipinski definition) is 0. The van der Waals surface area contributed by atoms with Crippen molar-refractivity contribution in [3.8, 4) is 11.4 Å². The Bertz CT molecular complexity index is 1140. The molecule has 0 spiro atoms. The molecule has 0 saturated heterocycles. The van der Waals surface area contributed by atoms with Crippen LogP contribution in [0.5, 0.6) is 0 Å². The van der Waals surface area contributed by atoms with E-state index in [1.807, 2.05) is 24.3 Å². The average Bonchev–Trinajstić information content (AvgIpc) is 3.52. The Labute approximate surface area is 187 Å². The van der Waals surface area contributed by atoms with Crippen molar-refractivity contribution >= 4 is 17.4 Å². The molecule has 1 aliphatic carbocycles. The van der Waals surface area contributed by atoms with Crippen molar-refractivity contribution in [1.29, 1.82) is 0 Å². The highest BCUT2D eigenvalue weighted by Gasteiger charge is 2.31. The van der Waals surface area contributed by atoms with Crippen LogP contribution in [0.2, 0.25) is 5.02 Å². The minimum absolute atomic E-state index is 0.00571. The molecular formula is C25H28ClN3O2. The topological polar surface area (TPSA) is 56.9 Å². The number of halogens is 1. The second kappa shape index (κ2) is 8.83. The standard InChI is InChI=1S/C25H28ClN3O2/c1-16(2)23(22-7-5-4-6-17(22)3)14-21(30)15-28-25(31)29(20-12-13-20)24(27-28)18-8-10-19(26)11-9-18/h4-11,16,20,23H,12-15H2,1-3H3. The first-order valence-electron chi connectivity index (χ1n) is 10.9. The Morgan fingerprint density at radius 2 is 1.81 bits per heavy atom. The van der Waals surface area contributed by atoms with Crippen molar-refractivity contribution in [2.45, 2.75) is 58.5 Å². The van der Waals surface area contributed by atoms with E-state index in [0.29, 0.717) is 23.2 Å². The van der Waals surface area contributed by atoms with Gasteiger partial charge in [-0.3, -0.25) is 9.36 Å². The summed E-state index contributed by atoms with van der Waals surface area (Å²) in [6.07, 6.45) is 2.31. The van der Waals surface area contributed by atoms with Gasteiger partial charge < -0.3 is 0 Å². The monoisotopic (exact) mass is 437 g/mol. The van der Waals surface area contributed by atoms with E-state index in [2.05, 4.69) is 38.0 Å². The van der Waals surface area contributed by atoms with Gasteiger partial charge in [-0.1, -0.05) is 49.7 Å². The van der Waals surface area contributed by atoms with E-state index in [-0.39, 0.29) is 30.0 Å². The third kappa shape index (κ3) is 4.67. The van der Waals surface area contributed by atoms with E-state index < -0.39 is 0 Å². The van der Waals surface area contributed by atoms with Crippen molar-refractivity contribution in [2.24, 2.45) is 5.92 Å². The van der Waals surface area contributed by atoms with E-state index in [9.17, 15) is 9.59 Å². The van der Waals surface area contributed by atoms with Crippen molar-refractivity contribution in [2.75, 3.05) is 0 Å². The summed E-state index contributed by atoms with van der Waals surface area (Å²) < 4.78 is 3.07. The highest BCUT2D eigenvalue weighted by Crippen LogP contribution is 2.36. The molecule has 162 valence electrons. The van der Waals surface area contributed by atoms with Crippen molar-refractivity contribution in [3.05, 3.63) is 75.2 Å². The van der Waals surface area contributed by atoms with Crippen LogP contribution in [-0.2, 0) is 11.3 Å². The van der Waals surface area contributed by atoms with Crippen LogP contribution < -0.4 is 5.69 Å². The van der Waals surface area contributed by atoms with Gasteiger partial charge in [0.05, 0.1) is 0 Å². The van der Waals surface area contributed by atoms with E-state index in [1.165, 1.54) is 15.8 Å². The molecule has 0 N–H and O–H groups in total. The molecule has 1 atom stereocenters. The van der Waals surface area contributed by atoms with Crippen molar-refractivity contribution in [1.82, 2.24) is 14.3 Å². The lowest BCUT2D eigenvalue weighted by atomic mass is 9.82. The molecule has 1 fully saturated rings. The van der Waals surface area contributed by atoms with Gasteiger partial charge in [0.1, 0.15) is 6.54 Å². The summed E-state index contributed by atoms with van der Waals surface area (Å²) in [5.41, 5.74) is 3.01. The predicted molar refractivity (Wildman–Crippen MR) is 124 cm³/mol. The second-order valence-electron chi connectivity index (χ2n) is 8.82. The van der Waals surface area contributed by atoms with E-state index >= 15 is 0 Å². The van der Waals surface area contributed by atoms with Gasteiger partial charge >= 0.3 is 5.69 Å². The van der Waals surface area contributed by atoms with Crippen LogP contribution in [0.25, 0.3) is 11.4 Å². The molecule has 3 aromatic rings. The molecule has 0 radical (unpaired) electrons. The number of aromatic nitrogens is 3. The van der Waals surface area contributed by atoms with E-state index in [0.717, 1.165) is 18.4 Å². The maximum absolute atomic E-state index is 13.1. The third-order valence-electron chi connectivity index (χ3n) is 6.05. The number of nitrogens with zero attached hydrogens (tertiary/aromatic N) is 3. The van der Waals surface area contributed by atoms with Crippen LogP contribution in [0.15, 0.2) is 53.3 Å². The Hall–Kier alpha value is -2.66. The van der Waals surface area contributed by atoms with Gasteiger partial charge in [0, 0.05) is 23.0 Å².